The van der Waals surface area contributed by atoms with E-state index in [9.17, 15) is 19.5 Å². The van der Waals surface area contributed by atoms with Crippen molar-refractivity contribution in [2.75, 3.05) is 7.11 Å². The minimum Gasteiger partial charge on any atom is -0.481 e. The number of aromatic amines is 3. The molecule has 5 heterocycles. The molecule has 1 aliphatic carbocycles. The first kappa shape index (κ1) is 27.6. The number of nitrogens with one attached hydrogen (secondary N) is 4. The van der Waals surface area contributed by atoms with Crippen molar-refractivity contribution >= 4 is 41.5 Å². The van der Waals surface area contributed by atoms with Crippen LogP contribution in [0.2, 0.25) is 0 Å². The number of H-pyrrole nitrogens is 3. The lowest BCUT2D eigenvalue weighted by Crippen LogP contribution is -2.25. The Morgan fingerprint density at radius 2 is 1.76 bits per heavy atom. The van der Waals surface area contributed by atoms with E-state index in [1.165, 1.54) is 12.7 Å². The zero-order valence-corrected chi connectivity index (χ0v) is 24.7. The fourth-order valence-electron chi connectivity index (χ4n) is 6.94. The maximum absolute atomic E-state index is 14.0. The Kier molecular flexibility index (Phi) is 6.63. The number of rotatable bonds is 5. The van der Waals surface area contributed by atoms with Crippen molar-refractivity contribution in [3.05, 3.63) is 78.8 Å². The molecule has 3 aliphatic rings. The Bertz CT molecular complexity index is 1860. The zero-order valence-electron chi connectivity index (χ0n) is 24.7. The normalized spacial score (nSPS) is 25.2. The van der Waals surface area contributed by atoms with E-state index in [0.29, 0.717) is 28.9 Å². The number of hydrogen-bond acceptors (Lipinski definition) is 5. The Hall–Kier alpha value is -4.53. The summed E-state index contributed by atoms with van der Waals surface area (Å²) in [5.74, 6) is -3.31. The number of aromatic nitrogens is 3. The molecule has 0 saturated carbocycles. The van der Waals surface area contributed by atoms with Crippen molar-refractivity contribution in [2.24, 2.45) is 17.8 Å². The molecule has 6 rings (SSSR count). The van der Waals surface area contributed by atoms with Crippen molar-refractivity contribution in [2.45, 2.75) is 53.9 Å². The maximum atomic E-state index is 14.0. The number of hydrogen-bond donors (Lipinski definition) is 5. The van der Waals surface area contributed by atoms with Crippen LogP contribution in [-0.4, -0.2) is 44.9 Å². The van der Waals surface area contributed by atoms with Gasteiger partial charge in [-0.2, -0.15) is 0 Å². The van der Waals surface area contributed by atoms with Crippen LogP contribution in [0.5, 0.6) is 0 Å². The molecule has 42 heavy (non-hydrogen) atoms. The molecule has 1 saturated heterocycles. The molecule has 0 amide bonds. The highest BCUT2D eigenvalue weighted by atomic mass is 16.5. The summed E-state index contributed by atoms with van der Waals surface area (Å²) in [6.45, 7) is 10.2. The molecule has 8 bridgehead atoms. The Labute approximate surface area is 243 Å². The number of aliphatic carboxylic acids is 1. The number of carbonyl (C=O) groups is 3. The number of carboxylic acids is 1. The van der Waals surface area contributed by atoms with Gasteiger partial charge in [-0.1, -0.05) is 13.8 Å². The zero-order chi connectivity index (χ0) is 30.0. The summed E-state index contributed by atoms with van der Waals surface area (Å²) < 4.78 is 5.14. The topological polar surface area (TPSA) is 140 Å². The smallest absolute Gasteiger partial charge is 0.321 e. The average molecular weight is 569 g/mol. The molecular formula is C33H36N4O5. The summed E-state index contributed by atoms with van der Waals surface area (Å²) in [5, 5.41) is 15.1. The van der Waals surface area contributed by atoms with E-state index in [4.69, 9.17) is 4.74 Å². The number of carbonyl (C=O) groups excluding carboxylic acids is 2. The van der Waals surface area contributed by atoms with Crippen molar-refractivity contribution in [3.8, 4) is 0 Å². The maximum Gasteiger partial charge on any atom is 0.321 e. The van der Waals surface area contributed by atoms with Crippen LogP contribution in [0.1, 0.15) is 82.1 Å². The second-order valence-electron chi connectivity index (χ2n) is 11.6. The van der Waals surface area contributed by atoms with E-state index in [1.807, 2.05) is 19.9 Å². The second kappa shape index (κ2) is 10.1. The number of fused-ring (bicyclic) bond motifs is 7. The van der Waals surface area contributed by atoms with E-state index < -0.39 is 17.9 Å². The van der Waals surface area contributed by atoms with Gasteiger partial charge in [-0.05, 0) is 80.2 Å². The number of aryl methyl sites for hydroxylation is 1. The minimum atomic E-state index is -1.14. The Morgan fingerprint density at radius 3 is 2.45 bits per heavy atom. The largest absolute Gasteiger partial charge is 0.481 e. The van der Waals surface area contributed by atoms with Gasteiger partial charge in [-0.15, -0.1) is 0 Å². The number of esters is 1. The van der Waals surface area contributed by atoms with Crippen LogP contribution >= 0.6 is 0 Å². The third-order valence-corrected chi connectivity index (χ3v) is 9.26. The minimum absolute atomic E-state index is 0.0397. The summed E-state index contributed by atoms with van der Waals surface area (Å²) in [6.07, 6.45) is 7.34. The lowest BCUT2D eigenvalue weighted by molar-refractivity contribution is -0.142. The Morgan fingerprint density at radius 1 is 1.00 bits per heavy atom. The fraction of sp³-hybridized carbons (Fsp3) is 0.364. The van der Waals surface area contributed by atoms with E-state index in [-0.39, 0.29) is 24.0 Å². The van der Waals surface area contributed by atoms with Gasteiger partial charge >= 0.3 is 11.9 Å². The lowest BCUT2D eigenvalue weighted by atomic mass is 9.85. The van der Waals surface area contributed by atoms with Gasteiger partial charge < -0.3 is 30.1 Å². The number of ketones is 1. The SMILES string of the molecule is CCc1c(C)/c2[nH]/c1=C\c1[nH]c3c(c1C)C(=O)[C@H](C(=O)OC)/C3=C1/N/C(=C\c3[nH]c(cc3C)\C=2)[C@@H](C)[C@@H]1CCC(=O)O. The number of carboxylic acid groups (broad SMARTS) is 1. The van der Waals surface area contributed by atoms with Gasteiger partial charge in [0.25, 0.3) is 0 Å². The quantitative estimate of drug-likeness (QED) is 0.235. The fourth-order valence-corrected chi connectivity index (χ4v) is 6.94. The summed E-state index contributed by atoms with van der Waals surface area (Å²) in [7, 11) is 1.28. The van der Waals surface area contributed by atoms with Crippen LogP contribution in [-0.2, 0) is 20.7 Å². The average Bonchev–Trinajstić information content (AvgIpc) is 3.69. The molecule has 9 nitrogen and oxygen atoms in total. The second-order valence-corrected chi connectivity index (χ2v) is 11.6. The molecule has 1 fully saturated rings. The van der Waals surface area contributed by atoms with E-state index in [0.717, 1.165) is 56.6 Å². The highest BCUT2D eigenvalue weighted by molar-refractivity contribution is 6.24. The molecule has 3 aromatic rings. The predicted octanol–water partition coefficient (Wildman–Crippen LogP) is 3.59. The Balaban J connectivity index is 1.71. The van der Waals surface area contributed by atoms with Gasteiger partial charge in [0, 0.05) is 68.6 Å². The third kappa shape index (κ3) is 4.18. The van der Waals surface area contributed by atoms with Gasteiger partial charge in [0.1, 0.15) is 5.92 Å². The van der Waals surface area contributed by atoms with Crippen molar-refractivity contribution in [1.82, 2.24) is 20.3 Å². The van der Waals surface area contributed by atoms with E-state index in [1.54, 1.807) is 0 Å². The summed E-state index contributed by atoms with van der Waals surface area (Å²) >= 11 is 0. The molecule has 0 unspecified atom stereocenters. The van der Waals surface area contributed by atoms with Crippen molar-refractivity contribution in [1.29, 1.82) is 0 Å². The first-order chi connectivity index (χ1) is 20.0. The predicted molar refractivity (Wildman–Crippen MR) is 160 cm³/mol. The number of methoxy groups -OCH3 is 1. The van der Waals surface area contributed by atoms with Crippen molar-refractivity contribution in [3.63, 3.8) is 0 Å². The summed E-state index contributed by atoms with van der Waals surface area (Å²) in [4.78, 5) is 49.4. The number of Topliss-reactive ketones (excluding diaryl/α,β-unsaturated/α-hetero) is 1. The highest BCUT2D eigenvalue weighted by Crippen LogP contribution is 2.48. The molecule has 218 valence electrons. The van der Waals surface area contributed by atoms with Crippen LogP contribution in [0, 0.1) is 38.5 Å². The summed E-state index contributed by atoms with van der Waals surface area (Å²) in [5.41, 5.74) is 10.1. The lowest BCUT2D eigenvalue weighted by Gasteiger charge is -2.19. The monoisotopic (exact) mass is 568 g/mol. The highest BCUT2D eigenvalue weighted by Gasteiger charge is 2.48. The molecule has 0 spiro atoms. The van der Waals surface area contributed by atoms with Gasteiger partial charge in [0.15, 0.2) is 5.78 Å². The standard InChI is InChI=1S/C33H36N4O5/c1-7-19-15(3)22-11-18-10-14(2)21(34-18)12-23-16(4)20(8-9-26(38)39)30(36-23)28-29(33(41)42-6)32(40)27-17(5)24(37-31(27)28)13-25(19)35-22/h10-13,16,20,29,34-37H,7-9H2,1-6H3,(H,38,39)/b22-11-,23-12-,25-13-,30-28-/t16-,20-,29+/m0/s1. The van der Waals surface area contributed by atoms with Crippen LogP contribution in [0.25, 0.3) is 23.8 Å². The van der Waals surface area contributed by atoms with Gasteiger partial charge in [0.2, 0.25) is 0 Å². The van der Waals surface area contributed by atoms with Crippen LogP contribution < -0.4 is 16.0 Å². The van der Waals surface area contributed by atoms with E-state index in [2.05, 4.69) is 59.3 Å². The molecule has 3 aromatic heterocycles. The van der Waals surface area contributed by atoms with E-state index >= 15 is 0 Å². The molecule has 0 radical (unpaired) electrons. The van der Waals surface area contributed by atoms with Gasteiger partial charge in [-0.25, -0.2) is 0 Å². The van der Waals surface area contributed by atoms with Crippen LogP contribution in [0.4, 0.5) is 0 Å². The molecule has 9 heteroatoms. The number of ether oxygens (including phenoxy) is 1. The molecule has 2 aliphatic heterocycles. The van der Waals surface area contributed by atoms with Crippen LogP contribution in [0.3, 0.4) is 0 Å². The molecule has 0 aromatic carbocycles. The van der Waals surface area contributed by atoms with Gasteiger partial charge in [-0.3, -0.25) is 14.4 Å². The molecule has 5 N–H and O–H groups in total. The van der Waals surface area contributed by atoms with Crippen LogP contribution in [0.15, 0.2) is 17.5 Å². The summed E-state index contributed by atoms with van der Waals surface area (Å²) in [6, 6.07) is 2.11. The first-order valence-electron chi connectivity index (χ1n) is 14.4. The number of allylic oxidation sites excluding steroid dienone is 2. The van der Waals surface area contributed by atoms with Crippen molar-refractivity contribution < 1.29 is 24.2 Å². The molecular weight excluding hydrogens is 532 g/mol. The third-order valence-electron chi connectivity index (χ3n) is 9.26. The van der Waals surface area contributed by atoms with Gasteiger partial charge in [0.05, 0.1) is 12.8 Å². The first-order valence-corrected chi connectivity index (χ1v) is 14.4. The molecule has 3 atom stereocenters.